The van der Waals surface area contributed by atoms with Gasteiger partial charge < -0.3 is 4.74 Å². The molecular weight excluding hydrogens is 297 g/mol. The highest BCUT2D eigenvalue weighted by Crippen LogP contribution is 2.27. The smallest absolute Gasteiger partial charge is 0.165 e. The average molecular weight is 312 g/mol. The van der Waals surface area contributed by atoms with Crippen molar-refractivity contribution < 1.29 is 9.13 Å². The maximum atomic E-state index is 13.5. The molecule has 0 N–H and O–H groups in total. The molecule has 0 aliphatic carbocycles. The molecule has 111 valence electrons. The van der Waals surface area contributed by atoms with Gasteiger partial charge in [0.25, 0.3) is 0 Å². The molecule has 3 rings (SSSR count). The van der Waals surface area contributed by atoms with Crippen LogP contribution in [0.1, 0.15) is 10.6 Å². The van der Waals surface area contributed by atoms with Gasteiger partial charge in [0.15, 0.2) is 11.6 Å². The van der Waals surface area contributed by atoms with E-state index in [4.69, 9.17) is 4.74 Å². The lowest BCUT2D eigenvalue weighted by Gasteiger charge is -2.05. The zero-order valence-corrected chi connectivity index (χ0v) is 13.0. The minimum absolute atomic E-state index is 0.259. The Morgan fingerprint density at radius 2 is 2.05 bits per heavy atom. The third-order valence-corrected chi connectivity index (χ3v) is 4.35. The molecule has 0 spiro atoms. The van der Waals surface area contributed by atoms with Gasteiger partial charge in [0.05, 0.1) is 12.3 Å². The normalized spacial score (nSPS) is 10.6. The maximum Gasteiger partial charge on any atom is 0.165 e. The number of thiazole rings is 1. The monoisotopic (exact) mass is 312 g/mol. The topological polar surface area (TPSA) is 22.1 Å². The second kappa shape index (κ2) is 6.71. The molecule has 0 unspecified atom stereocenters. The van der Waals surface area contributed by atoms with E-state index in [-0.39, 0.29) is 11.6 Å². The summed E-state index contributed by atoms with van der Waals surface area (Å²) >= 11 is 1.67. The van der Waals surface area contributed by atoms with Crippen molar-refractivity contribution >= 4 is 11.3 Å². The highest BCUT2D eigenvalue weighted by molar-refractivity contribution is 7.15. The van der Waals surface area contributed by atoms with Gasteiger partial charge in [-0.15, -0.1) is 11.3 Å². The predicted molar refractivity (Wildman–Crippen MR) is 86.7 cm³/mol. The van der Waals surface area contributed by atoms with Crippen LogP contribution in [0.5, 0.6) is 5.75 Å². The van der Waals surface area contributed by atoms with E-state index in [2.05, 4.69) is 18.0 Å². The lowest BCUT2D eigenvalue weighted by molar-refractivity contribution is 0.304. The van der Waals surface area contributed by atoms with Crippen LogP contribution < -0.4 is 4.74 Å². The van der Waals surface area contributed by atoms with E-state index in [9.17, 15) is 4.39 Å². The van der Waals surface area contributed by atoms with Gasteiger partial charge in [0, 0.05) is 16.9 Å². The van der Waals surface area contributed by atoms with E-state index in [1.807, 2.05) is 30.3 Å². The van der Waals surface area contributed by atoms with Crippen LogP contribution in [0.2, 0.25) is 0 Å². The fraction of sp³-hybridized carbons (Fsp3) is 0.167. The molecule has 4 heteroatoms. The molecule has 22 heavy (non-hydrogen) atoms. The number of hydrogen-bond donors (Lipinski definition) is 0. The molecule has 2 nitrogen and oxygen atoms in total. The Morgan fingerprint density at radius 1 is 1.23 bits per heavy atom. The maximum absolute atomic E-state index is 13.5. The van der Waals surface area contributed by atoms with Gasteiger partial charge in [-0.2, -0.15) is 0 Å². The van der Waals surface area contributed by atoms with E-state index in [1.54, 1.807) is 23.5 Å². The molecule has 1 radical (unpaired) electrons. The summed E-state index contributed by atoms with van der Waals surface area (Å²) in [6.45, 7) is 2.46. The molecule has 0 aliphatic heterocycles. The van der Waals surface area contributed by atoms with Crippen molar-refractivity contribution in [1.82, 2.24) is 4.98 Å². The standard InChI is InChI=1S/C18H15FNOS/c1-13-16(11-12-21-17-10-6-5-9-15(17)19)20-18(22-13)14-7-3-2-4-8-14/h2-4,6-10H,11-12H2,1H3. The molecule has 0 atom stereocenters. The van der Waals surface area contributed by atoms with Gasteiger partial charge in [0.2, 0.25) is 0 Å². The number of nitrogens with zero attached hydrogens (tertiary/aromatic N) is 1. The van der Waals surface area contributed by atoms with Gasteiger partial charge in [-0.1, -0.05) is 36.4 Å². The first-order chi connectivity index (χ1) is 10.7. The molecule has 2 aromatic carbocycles. The highest BCUT2D eigenvalue weighted by atomic mass is 32.1. The number of aromatic nitrogens is 1. The Morgan fingerprint density at radius 3 is 2.82 bits per heavy atom. The minimum Gasteiger partial charge on any atom is -0.490 e. The van der Waals surface area contributed by atoms with Crippen LogP contribution in [0, 0.1) is 18.8 Å². The van der Waals surface area contributed by atoms with E-state index >= 15 is 0 Å². The third kappa shape index (κ3) is 3.34. The fourth-order valence-corrected chi connectivity index (χ4v) is 3.10. The van der Waals surface area contributed by atoms with Crippen LogP contribution in [0.4, 0.5) is 4.39 Å². The number of rotatable bonds is 5. The van der Waals surface area contributed by atoms with Gasteiger partial charge in [0.1, 0.15) is 5.01 Å². The SMILES string of the molecule is Cc1sc(-c2ccccc2)nc1CCOc1cc[c]cc1F. The first-order valence-corrected chi connectivity index (χ1v) is 7.86. The summed E-state index contributed by atoms with van der Waals surface area (Å²) in [5.41, 5.74) is 2.12. The molecule has 3 aromatic rings. The van der Waals surface area contributed by atoms with Crippen LogP contribution in [0.3, 0.4) is 0 Å². The molecule has 0 saturated carbocycles. The predicted octanol–water partition coefficient (Wildman–Crippen LogP) is 4.68. The highest BCUT2D eigenvalue weighted by Gasteiger charge is 2.10. The van der Waals surface area contributed by atoms with Crippen LogP contribution in [-0.4, -0.2) is 11.6 Å². The fourth-order valence-electron chi connectivity index (χ4n) is 2.13. The van der Waals surface area contributed by atoms with E-state index in [0.717, 1.165) is 16.3 Å². The molecule has 1 heterocycles. The van der Waals surface area contributed by atoms with Gasteiger partial charge >= 0.3 is 0 Å². The first kappa shape index (κ1) is 14.7. The number of hydrogen-bond acceptors (Lipinski definition) is 3. The van der Waals surface area contributed by atoms with E-state index < -0.39 is 0 Å². The molecule has 0 amide bonds. The van der Waals surface area contributed by atoms with Crippen molar-refractivity contribution in [2.24, 2.45) is 0 Å². The van der Waals surface area contributed by atoms with Crippen molar-refractivity contribution in [2.75, 3.05) is 6.61 Å². The van der Waals surface area contributed by atoms with Gasteiger partial charge in [-0.3, -0.25) is 0 Å². The number of ether oxygens (including phenoxy) is 1. The van der Waals surface area contributed by atoms with Crippen LogP contribution in [-0.2, 0) is 6.42 Å². The Kier molecular flexibility index (Phi) is 4.49. The number of benzene rings is 2. The van der Waals surface area contributed by atoms with Crippen LogP contribution in [0.15, 0.2) is 48.5 Å². The van der Waals surface area contributed by atoms with Gasteiger partial charge in [-0.05, 0) is 25.1 Å². The van der Waals surface area contributed by atoms with E-state index in [0.29, 0.717) is 13.0 Å². The van der Waals surface area contributed by atoms with Crippen molar-refractivity contribution in [3.63, 3.8) is 0 Å². The Labute approximate surface area is 133 Å². The second-order valence-electron chi connectivity index (χ2n) is 4.84. The molecule has 0 fully saturated rings. The largest absolute Gasteiger partial charge is 0.490 e. The van der Waals surface area contributed by atoms with Crippen molar-refractivity contribution in [3.8, 4) is 16.3 Å². The first-order valence-electron chi connectivity index (χ1n) is 7.04. The van der Waals surface area contributed by atoms with Crippen molar-refractivity contribution in [3.05, 3.63) is 71.0 Å². The second-order valence-corrected chi connectivity index (χ2v) is 6.05. The van der Waals surface area contributed by atoms with Gasteiger partial charge in [-0.25, -0.2) is 9.37 Å². The van der Waals surface area contributed by atoms with Crippen molar-refractivity contribution in [2.45, 2.75) is 13.3 Å². The molecule has 0 bridgehead atoms. The Hall–Kier alpha value is -2.20. The summed E-state index contributed by atoms with van der Waals surface area (Å²) in [4.78, 5) is 5.84. The van der Waals surface area contributed by atoms with Crippen LogP contribution >= 0.6 is 11.3 Å². The van der Waals surface area contributed by atoms with E-state index in [1.165, 1.54) is 10.9 Å². The number of aryl methyl sites for hydroxylation is 1. The summed E-state index contributed by atoms with van der Waals surface area (Å²) in [6.07, 6.45) is 0.660. The zero-order valence-electron chi connectivity index (χ0n) is 12.2. The third-order valence-electron chi connectivity index (χ3n) is 3.29. The lowest BCUT2D eigenvalue weighted by atomic mass is 10.2. The molecular formula is C18H15FNOS. The van der Waals surface area contributed by atoms with Crippen molar-refractivity contribution in [1.29, 1.82) is 0 Å². The summed E-state index contributed by atoms with van der Waals surface area (Å²) in [5.74, 6) is -0.127. The molecule has 1 aromatic heterocycles. The summed E-state index contributed by atoms with van der Waals surface area (Å²) in [5, 5.41) is 1.01. The lowest BCUT2D eigenvalue weighted by Crippen LogP contribution is -2.03. The quantitative estimate of drug-likeness (QED) is 0.682. The zero-order chi connectivity index (χ0) is 15.4. The summed E-state index contributed by atoms with van der Waals surface area (Å²) in [6, 6.07) is 17.3. The average Bonchev–Trinajstić information content (AvgIpc) is 2.91. The molecule has 0 saturated heterocycles. The summed E-state index contributed by atoms with van der Waals surface area (Å²) < 4.78 is 18.9. The van der Waals surface area contributed by atoms with Crippen LogP contribution in [0.25, 0.3) is 10.6 Å². The summed E-state index contributed by atoms with van der Waals surface area (Å²) in [7, 11) is 0. The Balaban J connectivity index is 1.66. The number of halogens is 1. The Bertz CT molecular complexity index is 755. The molecule has 0 aliphatic rings. The minimum atomic E-state index is -0.387.